The zero-order valence-electron chi connectivity index (χ0n) is 20.8. The summed E-state index contributed by atoms with van der Waals surface area (Å²) >= 11 is 0. The van der Waals surface area contributed by atoms with Crippen LogP contribution in [0.2, 0.25) is 0 Å². The third-order valence-electron chi connectivity index (χ3n) is 7.17. The van der Waals surface area contributed by atoms with E-state index >= 15 is 0 Å². The smallest absolute Gasteiger partial charge is 0.256 e. The van der Waals surface area contributed by atoms with Gasteiger partial charge < -0.3 is 15.2 Å². The normalized spacial score (nSPS) is 14.5. The Morgan fingerprint density at radius 3 is 2.46 bits per heavy atom. The van der Waals surface area contributed by atoms with Gasteiger partial charge in [0.25, 0.3) is 5.91 Å². The molecule has 35 heavy (non-hydrogen) atoms. The molecule has 0 spiro atoms. The number of carbonyl (C=O) groups is 1. The highest BCUT2D eigenvalue weighted by atomic mass is 16.2. The molecule has 0 saturated carbocycles. The number of aromatic amines is 1. The SMILES string of the molecule is CCN(CC)CCCc1ccc2[nH]c(/C(C)=C3\C(=O)Nc4ccc(-c5ccccc5)cc43)cc2c1. The molecule has 2 N–H and O–H groups in total. The average Bonchev–Trinajstić information content (AvgIpc) is 3.46. The molecule has 5 rings (SSSR count). The molecule has 0 aliphatic carbocycles. The van der Waals surface area contributed by atoms with Gasteiger partial charge in [-0.1, -0.05) is 56.3 Å². The number of amides is 1. The average molecular weight is 464 g/mol. The van der Waals surface area contributed by atoms with Crippen LogP contribution in [0.3, 0.4) is 0 Å². The minimum atomic E-state index is -0.0431. The number of hydrogen-bond acceptors (Lipinski definition) is 2. The zero-order valence-corrected chi connectivity index (χ0v) is 20.8. The van der Waals surface area contributed by atoms with Crippen LogP contribution in [0.15, 0.2) is 72.8 Å². The van der Waals surface area contributed by atoms with E-state index in [1.165, 1.54) is 10.9 Å². The molecule has 4 aromatic rings. The number of rotatable bonds is 8. The van der Waals surface area contributed by atoms with Gasteiger partial charge in [-0.15, -0.1) is 0 Å². The van der Waals surface area contributed by atoms with E-state index in [4.69, 9.17) is 0 Å². The highest BCUT2D eigenvalue weighted by Crippen LogP contribution is 2.39. The van der Waals surface area contributed by atoms with Gasteiger partial charge in [-0.25, -0.2) is 0 Å². The molecule has 3 aromatic carbocycles. The summed E-state index contributed by atoms with van der Waals surface area (Å²) in [7, 11) is 0. The zero-order chi connectivity index (χ0) is 24.4. The molecule has 4 nitrogen and oxygen atoms in total. The highest BCUT2D eigenvalue weighted by molar-refractivity contribution is 6.36. The third-order valence-corrected chi connectivity index (χ3v) is 7.17. The Labute approximate surface area is 207 Å². The van der Waals surface area contributed by atoms with Crippen LogP contribution in [0.5, 0.6) is 0 Å². The van der Waals surface area contributed by atoms with Gasteiger partial charge in [0.2, 0.25) is 0 Å². The van der Waals surface area contributed by atoms with Crippen molar-refractivity contribution in [2.45, 2.75) is 33.6 Å². The summed E-state index contributed by atoms with van der Waals surface area (Å²) in [5.74, 6) is -0.0431. The van der Waals surface area contributed by atoms with Crippen LogP contribution < -0.4 is 5.32 Å². The number of H-pyrrole nitrogens is 1. The molecule has 0 saturated heterocycles. The number of hydrogen-bond donors (Lipinski definition) is 2. The molecule has 0 bridgehead atoms. The number of benzene rings is 3. The number of nitrogens with zero attached hydrogens (tertiary/aromatic N) is 1. The topological polar surface area (TPSA) is 48.1 Å². The minimum Gasteiger partial charge on any atom is -0.355 e. The van der Waals surface area contributed by atoms with Crippen molar-refractivity contribution >= 4 is 33.6 Å². The molecular weight excluding hydrogens is 430 g/mol. The van der Waals surface area contributed by atoms with E-state index in [2.05, 4.69) is 77.6 Å². The Morgan fingerprint density at radius 1 is 0.886 bits per heavy atom. The van der Waals surface area contributed by atoms with Crippen molar-refractivity contribution in [1.82, 2.24) is 9.88 Å². The van der Waals surface area contributed by atoms with Crippen molar-refractivity contribution in [3.63, 3.8) is 0 Å². The van der Waals surface area contributed by atoms with E-state index in [0.717, 1.165) is 77.2 Å². The van der Waals surface area contributed by atoms with E-state index < -0.39 is 0 Å². The maximum absolute atomic E-state index is 13.0. The molecule has 1 amide bonds. The molecule has 0 radical (unpaired) electrons. The fourth-order valence-electron chi connectivity index (χ4n) is 5.07. The number of nitrogens with one attached hydrogen (secondary N) is 2. The first-order valence-corrected chi connectivity index (χ1v) is 12.6. The third kappa shape index (κ3) is 4.67. The monoisotopic (exact) mass is 463 g/mol. The van der Waals surface area contributed by atoms with Crippen molar-refractivity contribution in [2.75, 3.05) is 25.0 Å². The molecule has 178 valence electrons. The number of carbonyl (C=O) groups excluding carboxylic acids is 1. The molecule has 4 heteroatoms. The maximum Gasteiger partial charge on any atom is 0.256 e. The summed E-state index contributed by atoms with van der Waals surface area (Å²) in [6, 6.07) is 25.3. The minimum absolute atomic E-state index is 0.0431. The van der Waals surface area contributed by atoms with Crippen molar-refractivity contribution in [2.24, 2.45) is 0 Å². The number of aromatic nitrogens is 1. The van der Waals surface area contributed by atoms with Gasteiger partial charge >= 0.3 is 0 Å². The van der Waals surface area contributed by atoms with E-state index in [-0.39, 0.29) is 5.91 Å². The van der Waals surface area contributed by atoms with Crippen LogP contribution in [0, 0.1) is 0 Å². The Hall–Kier alpha value is -3.63. The molecule has 2 heterocycles. The molecule has 0 atom stereocenters. The van der Waals surface area contributed by atoms with Crippen LogP contribution in [-0.2, 0) is 11.2 Å². The molecule has 1 aliphatic heterocycles. The highest BCUT2D eigenvalue weighted by Gasteiger charge is 2.27. The van der Waals surface area contributed by atoms with Gasteiger partial charge in [0, 0.05) is 27.8 Å². The van der Waals surface area contributed by atoms with Gasteiger partial charge in [-0.3, -0.25) is 4.79 Å². The Bertz CT molecular complexity index is 1390. The molecule has 0 fully saturated rings. The lowest BCUT2D eigenvalue weighted by atomic mass is 9.96. The first-order valence-electron chi connectivity index (χ1n) is 12.6. The Kier molecular flexibility index (Phi) is 6.56. The van der Waals surface area contributed by atoms with Crippen molar-refractivity contribution in [1.29, 1.82) is 0 Å². The van der Waals surface area contributed by atoms with E-state index in [1.807, 2.05) is 31.2 Å². The van der Waals surface area contributed by atoms with E-state index in [9.17, 15) is 4.79 Å². The summed E-state index contributed by atoms with van der Waals surface area (Å²) in [6.07, 6.45) is 2.24. The van der Waals surface area contributed by atoms with Crippen LogP contribution in [0.25, 0.3) is 33.2 Å². The van der Waals surface area contributed by atoms with Gasteiger partial charge in [-0.2, -0.15) is 0 Å². The lowest BCUT2D eigenvalue weighted by Gasteiger charge is -2.17. The predicted octanol–water partition coefficient (Wildman–Crippen LogP) is 6.99. The summed E-state index contributed by atoms with van der Waals surface area (Å²) in [5.41, 5.74) is 9.24. The lowest BCUT2D eigenvalue weighted by Crippen LogP contribution is -2.24. The van der Waals surface area contributed by atoms with Crippen molar-refractivity contribution in [3.8, 4) is 11.1 Å². The van der Waals surface area contributed by atoms with E-state index in [1.54, 1.807) is 0 Å². The van der Waals surface area contributed by atoms with Crippen LogP contribution in [0.4, 0.5) is 5.69 Å². The van der Waals surface area contributed by atoms with Crippen molar-refractivity contribution < 1.29 is 4.79 Å². The lowest BCUT2D eigenvalue weighted by molar-refractivity contribution is -0.110. The number of allylic oxidation sites excluding steroid dienone is 1. The molecular formula is C31H33N3O. The first kappa shape index (κ1) is 23.1. The summed E-state index contributed by atoms with van der Waals surface area (Å²) in [4.78, 5) is 19.0. The quantitative estimate of drug-likeness (QED) is 0.277. The van der Waals surface area contributed by atoms with Crippen LogP contribution >= 0.6 is 0 Å². The van der Waals surface area contributed by atoms with Gasteiger partial charge in [-0.05, 0) is 92.0 Å². The Morgan fingerprint density at radius 2 is 1.69 bits per heavy atom. The second kappa shape index (κ2) is 9.93. The fraction of sp³-hybridized carbons (Fsp3) is 0.258. The van der Waals surface area contributed by atoms with Crippen LogP contribution in [-0.4, -0.2) is 35.4 Å². The summed E-state index contributed by atoms with van der Waals surface area (Å²) in [6.45, 7) is 9.82. The molecule has 0 unspecified atom stereocenters. The largest absolute Gasteiger partial charge is 0.355 e. The summed E-state index contributed by atoms with van der Waals surface area (Å²) < 4.78 is 0. The van der Waals surface area contributed by atoms with Gasteiger partial charge in [0.15, 0.2) is 0 Å². The number of aryl methyl sites for hydroxylation is 1. The number of anilines is 1. The summed E-state index contributed by atoms with van der Waals surface area (Å²) in [5, 5.41) is 4.24. The van der Waals surface area contributed by atoms with Crippen molar-refractivity contribution in [3.05, 3.63) is 89.6 Å². The number of fused-ring (bicyclic) bond motifs is 2. The van der Waals surface area contributed by atoms with Gasteiger partial charge in [0.1, 0.15) is 0 Å². The van der Waals surface area contributed by atoms with Crippen LogP contribution in [0.1, 0.15) is 44.0 Å². The van der Waals surface area contributed by atoms with E-state index in [0.29, 0.717) is 0 Å². The standard InChI is InChI=1S/C31H33N3O/c1-4-34(5-2)17-9-10-22-13-15-27-25(18-22)20-29(32-27)21(3)30-26-19-24(23-11-7-6-8-12-23)14-16-28(26)33-31(30)35/h6-8,11-16,18-20,32H,4-5,9-10,17H2,1-3H3,(H,33,35)/b30-21-. The second-order valence-corrected chi connectivity index (χ2v) is 9.32. The predicted molar refractivity (Wildman–Crippen MR) is 147 cm³/mol. The first-order chi connectivity index (χ1) is 17.1. The molecule has 1 aliphatic rings. The fourth-order valence-corrected chi connectivity index (χ4v) is 5.07. The van der Waals surface area contributed by atoms with Gasteiger partial charge in [0.05, 0.1) is 5.57 Å². The maximum atomic E-state index is 13.0. The molecule has 1 aromatic heterocycles. The second-order valence-electron chi connectivity index (χ2n) is 9.32. The Balaban J connectivity index is 1.44.